The van der Waals surface area contributed by atoms with E-state index in [4.69, 9.17) is 9.47 Å². The summed E-state index contributed by atoms with van der Waals surface area (Å²) in [6, 6.07) is 14.8. The summed E-state index contributed by atoms with van der Waals surface area (Å²) >= 11 is 0. The molecule has 1 atom stereocenters. The molecule has 1 aliphatic heterocycles. The number of aliphatic hydroxyl groups is 1. The number of aryl methyl sites for hydroxylation is 1. The van der Waals surface area contributed by atoms with Crippen LogP contribution in [0.1, 0.15) is 36.6 Å². The number of carbonyl (C=O) groups is 2. The molecule has 1 N–H and O–H groups in total. The van der Waals surface area contributed by atoms with Crippen molar-refractivity contribution >= 4 is 23.1 Å². The number of carbonyl (C=O) groups excluding carboxylic acids is 2. The third kappa shape index (κ3) is 4.62. The van der Waals surface area contributed by atoms with Gasteiger partial charge in [-0.1, -0.05) is 26.0 Å². The number of aromatic nitrogens is 1. The quantitative estimate of drug-likeness (QED) is 0.294. The third-order valence-corrected chi connectivity index (χ3v) is 5.83. The summed E-state index contributed by atoms with van der Waals surface area (Å²) in [5.41, 5.74) is 2.32. The molecule has 35 heavy (non-hydrogen) atoms. The molecule has 180 valence electrons. The second-order valence-corrected chi connectivity index (χ2v) is 8.81. The van der Waals surface area contributed by atoms with E-state index in [0.29, 0.717) is 40.8 Å². The molecule has 3 aromatic rings. The van der Waals surface area contributed by atoms with Gasteiger partial charge in [-0.2, -0.15) is 0 Å². The van der Waals surface area contributed by atoms with E-state index in [1.54, 1.807) is 67.0 Å². The number of ether oxygens (including phenoxy) is 2. The summed E-state index contributed by atoms with van der Waals surface area (Å²) in [4.78, 5) is 32.1. The molecule has 1 unspecified atom stereocenters. The Balaban J connectivity index is 1.86. The van der Waals surface area contributed by atoms with Crippen LogP contribution >= 0.6 is 0 Å². The zero-order valence-corrected chi connectivity index (χ0v) is 20.2. The van der Waals surface area contributed by atoms with Crippen LogP contribution in [0.4, 0.5) is 5.69 Å². The Labute approximate surface area is 204 Å². The van der Waals surface area contributed by atoms with Crippen molar-refractivity contribution in [3.05, 3.63) is 89.3 Å². The lowest BCUT2D eigenvalue weighted by molar-refractivity contribution is -0.132. The minimum Gasteiger partial charge on any atom is -0.507 e. The van der Waals surface area contributed by atoms with Crippen LogP contribution in [0.5, 0.6) is 11.5 Å². The number of methoxy groups -OCH3 is 1. The highest BCUT2D eigenvalue weighted by molar-refractivity contribution is 6.51. The number of Topliss-reactive ketones (excluding diaryl/α,β-unsaturated/α-hetero) is 1. The first-order valence-corrected chi connectivity index (χ1v) is 11.4. The molecule has 4 rings (SSSR count). The number of hydrogen-bond acceptors (Lipinski definition) is 6. The fraction of sp³-hybridized carbons (Fsp3) is 0.250. The number of benzene rings is 2. The van der Waals surface area contributed by atoms with Gasteiger partial charge in [-0.05, 0) is 66.4 Å². The second-order valence-electron chi connectivity index (χ2n) is 8.81. The van der Waals surface area contributed by atoms with Crippen molar-refractivity contribution in [2.24, 2.45) is 5.92 Å². The van der Waals surface area contributed by atoms with E-state index < -0.39 is 17.7 Å². The molecule has 0 saturated carbocycles. The van der Waals surface area contributed by atoms with E-state index in [-0.39, 0.29) is 11.3 Å². The second kappa shape index (κ2) is 10.0. The molecule has 2 aromatic carbocycles. The summed E-state index contributed by atoms with van der Waals surface area (Å²) in [7, 11) is 1.50. The van der Waals surface area contributed by atoms with Gasteiger partial charge in [0.25, 0.3) is 11.7 Å². The van der Waals surface area contributed by atoms with Gasteiger partial charge in [0.15, 0.2) is 0 Å². The van der Waals surface area contributed by atoms with E-state index in [1.807, 2.05) is 6.92 Å². The lowest BCUT2D eigenvalue weighted by Crippen LogP contribution is -2.29. The van der Waals surface area contributed by atoms with Crippen LogP contribution in [0.25, 0.3) is 5.76 Å². The standard InChI is InChI=1S/C28H28N2O5/c1-17(2)16-35-22-10-9-20(15-18(22)3)26(31)24-25(19-11-13-29-14-12-19)30(28(33)27(24)32)21-7-5-6-8-23(21)34-4/h5-15,17,25,31H,16H2,1-4H3/b26-24-. The fourth-order valence-electron chi connectivity index (χ4n) is 4.14. The van der Waals surface area contributed by atoms with Crippen LogP contribution in [0.3, 0.4) is 0 Å². The Morgan fingerprint density at radius 2 is 1.77 bits per heavy atom. The summed E-state index contributed by atoms with van der Waals surface area (Å²) in [5, 5.41) is 11.4. The predicted molar refractivity (Wildman–Crippen MR) is 134 cm³/mol. The maximum Gasteiger partial charge on any atom is 0.300 e. The normalized spacial score (nSPS) is 17.2. The van der Waals surface area contributed by atoms with E-state index in [9.17, 15) is 14.7 Å². The van der Waals surface area contributed by atoms with Gasteiger partial charge in [0.05, 0.1) is 31.0 Å². The first kappa shape index (κ1) is 24.0. The Kier molecular flexibility index (Phi) is 6.87. The highest BCUT2D eigenvalue weighted by Gasteiger charge is 2.47. The molecule has 1 saturated heterocycles. The molecular weight excluding hydrogens is 444 g/mol. The molecular formula is C28H28N2O5. The van der Waals surface area contributed by atoms with Crippen LogP contribution < -0.4 is 14.4 Å². The van der Waals surface area contributed by atoms with Crippen molar-refractivity contribution in [2.75, 3.05) is 18.6 Å². The predicted octanol–water partition coefficient (Wildman–Crippen LogP) is 5.06. The number of para-hydroxylation sites is 2. The fourth-order valence-corrected chi connectivity index (χ4v) is 4.14. The summed E-state index contributed by atoms with van der Waals surface area (Å²) in [5.74, 6) is -0.249. The van der Waals surface area contributed by atoms with Crippen LogP contribution in [0, 0.1) is 12.8 Å². The summed E-state index contributed by atoms with van der Waals surface area (Å²) < 4.78 is 11.3. The Morgan fingerprint density at radius 3 is 2.43 bits per heavy atom. The zero-order chi connectivity index (χ0) is 25.1. The number of anilines is 1. The topological polar surface area (TPSA) is 89.0 Å². The number of pyridine rings is 1. The lowest BCUT2D eigenvalue weighted by Gasteiger charge is -2.26. The van der Waals surface area contributed by atoms with Crippen LogP contribution in [0.15, 0.2) is 72.6 Å². The third-order valence-electron chi connectivity index (χ3n) is 5.83. The number of amides is 1. The molecule has 1 aromatic heterocycles. The van der Waals surface area contributed by atoms with Crippen molar-refractivity contribution in [3.63, 3.8) is 0 Å². The molecule has 7 heteroatoms. The highest BCUT2D eigenvalue weighted by atomic mass is 16.5. The van der Waals surface area contributed by atoms with E-state index in [0.717, 1.165) is 5.56 Å². The monoisotopic (exact) mass is 472 g/mol. The SMILES string of the molecule is COc1ccccc1N1C(=O)C(=O)/C(=C(\O)c2ccc(OCC(C)C)c(C)c2)C1c1ccncc1. The molecule has 7 nitrogen and oxygen atoms in total. The number of hydrogen-bond donors (Lipinski definition) is 1. The van der Waals surface area contributed by atoms with Gasteiger partial charge in [0.2, 0.25) is 0 Å². The maximum absolute atomic E-state index is 13.3. The molecule has 0 radical (unpaired) electrons. The zero-order valence-electron chi connectivity index (χ0n) is 20.2. The minimum atomic E-state index is -0.855. The lowest BCUT2D eigenvalue weighted by atomic mass is 9.95. The Hall–Kier alpha value is -4.13. The molecule has 1 aliphatic rings. The number of nitrogens with zero attached hydrogens (tertiary/aromatic N) is 2. The average molecular weight is 473 g/mol. The van der Waals surface area contributed by atoms with Gasteiger partial charge in [-0.15, -0.1) is 0 Å². The largest absolute Gasteiger partial charge is 0.507 e. The highest BCUT2D eigenvalue weighted by Crippen LogP contribution is 2.44. The van der Waals surface area contributed by atoms with Crippen molar-refractivity contribution in [2.45, 2.75) is 26.8 Å². The minimum absolute atomic E-state index is 0.00218. The van der Waals surface area contributed by atoms with Gasteiger partial charge >= 0.3 is 0 Å². The first-order valence-electron chi connectivity index (χ1n) is 11.4. The average Bonchev–Trinajstić information content (AvgIpc) is 3.13. The molecule has 0 aliphatic carbocycles. The van der Waals surface area contributed by atoms with Gasteiger partial charge in [-0.3, -0.25) is 19.5 Å². The van der Waals surface area contributed by atoms with Crippen LogP contribution in [0.2, 0.25) is 0 Å². The Morgan fingerprint density at radius 1 is 1.06 bits per heavy atom. The smallest absolute Gasteiger partial charge is 0.300 e. The van der Waals surface area contributed by atoms with Crippen molar-refractivity contribution in [3.8, 4) is 11.5 Å². The Bertz CT molecular complexity index is 1280. The van der Waals surface area contributed by atoms with Crippen LogP contribution in [-0.2, 0) is 9.59 Å². The van der Waals surface area contributed by atoms with Gasteiger partial charge < -0.3 is 14.6 Å². The molecule has 0 spiro atoms. The van der Waals surface area contributed by atoms with E-state index in [2.05, 4.69) is 18.8 Å². The van der Waals surface area contributed by atoms with Crippen LogP contribution in [-0.4, -0.2) is 35.5 Å². The van der Waals surface area contributed by atoms with E-state index in [1.165, 1.54) is 12.0 Å². The van der Waals surface area contributed by atoms with Gasteiger partial charge in [0.1, 0.15) is 17.3 Å². The maximum atomic E-state index is 13.3. The van der Waals surface area contributed by atoms with Gasteiger partial charge in [-0.25, -0.2) is 0 Å². The molecule has 1 amide bonds. The number of rotatable bonds is 7. The summed E-state index contributed by atoms with van der Waals surface area (Å²) in [6.07, 6.45) is 3.17. The van der Waals surface area contributed by atoms with Crippen molar-refractivity contribution in [1.29, 1.82) is 0 Å². The molecule has 2 heterocycles. The van der Waals surface area contributed by atoms with Gasteiger partial charge in [0, 0.05) is 18.0 Å². The summed E-state index contributed by atoms with van der Waals surface area (Å²) in [6.45, 7) is 6.57. The van der Waals surface area contributed by atoms with Crippen molar-refractivity contribution in [1.82, 2.24) is 4.98 Å². The first-order chi connectivity index (χ1) is 16.8. The van der Waals surface area contributed by atoms with E-state index >= 15 is 0 Å². The number of aliphatic hydroxyl groups excluding tert-OH is 1. The van der Waals surface area contributed by atoms with Crippen molar-refractivity contribution < 1.29 is 24.2 Å². The number of ketones is 1. The molecule has 1 fully saturated rings. The molecule has 0 bridgehead atoms.